The maximum atomic E-state index is 10.6. The summed E-state index contributed by atoms with van der Waals surface area (Å²) in [6.45, 7) is 1.49. The van der Waals surface area contributed by atoms with Crippen molar-refractivity contribution in [3.05, 3.63) is 18.2 Å². The molecular formula is C7H7F3N2O3. The first-order valence-corrected chi connectivity index (χ1v) is 3.54. The molecule has 2 N–H and O–H groups in total. The second-order valence-corrected chi connectivity index (χ2v) is 2.32. The second-order valence-electron chi connectivity index (χ2n) is 2.32. The van der Waals surface area contributed by atoms with E-state index >= 15 is 0 Å². The maximum Gasteiger partial charge on any atom is 0.490 e. The molecule has 1 aromatic rings. The maximum absolute atomic E-state index is 10.6. The number of carboxylic acids is 1. The van der Waals surface area contributed by atoms with Gasteiger partial charge in [0.2, 0.25) is 0 Å². The first-order chi connectivity index (χ1) is 6.75. The van der Waals surface area contributed by atoms with Crippen LogP contribution < -0.4 is 0 Å². The lowest BCUT2D eigenvalue weighted by Gasteiger charge is -1.93. The van der Waals surface area contributed by atoms with Crippen LogP contribution in [0.4, 0.5) is 13.2 Å². The molecule has 1 rings (SSSR count). The molecule has 1 heterocycles. The molecule has 0 fully saturated rings. The van der Waals surface area contributed by atoms with Crippen LogP contribution in [-0.2, 0) is 4.79 Å². The van der Waals surface area contributed by atoms with E-state index in [1.54, 1.807) is 0 Å². The minimum absolute atomic E-state index is 0.0162. The van der Waals surface area contributed by atoms with Crippen molar-refractivity contribution in [2.45, 2.75) is 13.1 Å². The molecule has 0 radical (unpaired) electrons. The predicted molar refractivity (Wildman–Crippen MR) is 42.3 cm³/mol. The van der Waals surface area contributed by atoms with Crippen molar-refractivity contribution < 1.29 is 27.9 Å². The fourth-order valence-corrected chi connectivity index (χ4v) is 0.448. The molecular weight excluding hydrogens is 217 g/mol. The van der Waals surface area contributed by atoms with Crippen LogP contribution in [0.15, 0.2) is 12.5 Å². The number of carbonyl (C=O) groups excluding carboxylic acids is 1. The normalized spacial score (nSPS) is 10.1. The van der Waals surface area contributed by atoms with Crippen molar-refractivity contribution in [2.24, 2.45) is 0 Å². The van der Waals surface area contributed by atoms with Gasteiger partial charge in [0.1, 0.15) is 5.69 Å². The van der Waals surface area contributed by atoms with Gasteiger partial charge in [0.15, 0.2) is 5.78 Å². The highest BCUT2D eigenvalue weighted by Gasteiger charge is 2.38. The zero-order valence-electron chi connectivity index (χ0n) is 7.50. The molecule has 0 saturated heterocycles. The van der Waals surface area contributed by atoms with Crippen molar-refractivity contribution in [1.29, 1.82) is 0 Å². The van der Waals surface area contributed by atoms with Crippen molar-refractivity contribution in [3.8, 4) is 0 Å². The summed E-state index contributed by atoms with van der Waals surface area (Å²) in [6.07, 6.45) is -2.10. The number of halogens is 3. The molecule has 8 heteroatoms. The minimum Gasteiger partial charge on any atom is -0.475 e. The van der Waals surface area contributed by atoms with Gasteiger partial charge in [0.05, 0.1) is 12.5 Å². The number of H-pyrrole nitrogens is 1. The third-order valence-corrected chi connectivity index (χ3v) is 1.12. The molecule has 0 aliphatic heterocycles. The molecule has 5 nitrogen and oxygen atoms in total. The first kappa shape index (κ1) is 13.1. The third-order valence-electron chi connectivity index (χ3n) is 1.12. The Morgan fingerprint density at radius 1 is 1.47 bits per heavy atom. The van der Waals surface area contributed by atoms with Crippen LogP contribution in [0, 0.1) is 0 Å². The van der Waals surface area contributed by atoms with E-state index in [-0.39, 0.29) is 5.78 Å². The van der Waals surface area contributed by atoms with E-state index < -0.39 is 12.1 Å². The van der Waals surface area contributed by atoms with Crippen LogP contribution >= 0.6 is 0 Å². The van der Waals surface area contributed by atoms with Gasteiger partial charge in [0, 0.05) is 6.92 Å². The Morgan fingerprint density at radius 2 is 1.93 bits per heavy atom. The Labute approximate surface area is 81.9 Å². The third kappa shape index (κ3) is 5.45. The van der Waals surface area contributed by atoms with Gasteiger partial charge in [-0.1, -0.05) is 0 Å². The summed E-state index contributed by atoms with van der Waals surface area (Å²) in [5.41, 5.74) is 0.560. The highest BCUT2D eigenvalue weighted by atomic mass is 19.4. The van der Waals surface area contributed by atoms with Crippen molar-refractivity contribution >= 4 is 11.8 Å². The number of rotatable bonds is 1. The molecule has 84 valence electrons. The summed E-state index contributed by atoms with van der Waals surface area (Å²) in [5, 5.41) is 7.12. The Balaban J connectivity index is 0.000000265. The summed E-state index contributed by atoms with van der Waals surface area (Å²) >= 11 is 0. The number of aromatic nitrogens is 2. The average molecular weight is 224 g/mol. The van der Waals surface area contributed by atoms with Crippen LogP contribution in [0.1, 0.15) is 17.4 Å². The van der Waals surface area contributed by atoms with Crippen molar-refractivity contribution in [2.75, 3.05) is 0 Å². The summed E-state index contributed by atoms with van der Waals surface area (Å²) in [6, 6.07) is 0. The van der Waals surface area contributed by atoms with E-state index in [0.29, 0.717) is 5.69 Å². The van der Waals surface area contributed by atoms with Gasteiger partial charge < -0.3 is 10.1 Å². The summed E-state index contributed by atoms with van der Waals surface area (Å²) in [5.74, 6) is -2.74. The zero-order valence-corrected chi connectivity index (χ0v) is 7.50. The highest BCUT2D eigenvalue weighted by Crippen LogP contribution is 2.13. The monoisotopic (exact) mass is 224 g/mol. The predicted octanol–water partition coefficient (Wildman–Crippen LogP) is 1.25. The topological polar surface area (TPSA) is 83.0 Å². The molecule has 0 bridgehead atoms. The lowest BCUT2D eigenvalue weighted by molar-refractivity contribution is -0.192. The molecule has 0 aliphatic rings. The summed E-state index contributed by atoms with van der Waals surface area (Å²) in [4.78, 5) is 25.7. The van der Waals surface area contributed by atoms with E-state index in [9.17, 15) is 18.0 Å². The number of aliphatic carboxylic acids is 1. The van der Waals surface area contributed by atoms with Gasteiger partial charge in [-0.05, 0) is 0 Å². The number of alkyl halides is 3. The molecule has 0 aliphatic carbocycles. The van der Waals surface area contributed by atoms with Crippen LogP contribution in [0.2, 0.25) is 0 Å². The Morgan fingerprint density at radius 3 is 2.07 bits per heavy atom. The zero-order chi connectivity index (χ0) is 12.1. The fraction of sp³-hybridized carbons (Fsp3) is 0.286. The summed E-state index contributed by atoms with van der Waals surface area (Å²) in [7, 11) is 0. The van der Waals surface area contributed by atoms with Crippen molar-refractivity contribution in [1.82, 2.24) is 9.97 Å². The van der Waals surface area contributed by atoms with Gasteiger partial charge in [-0.25, -0.2) is 9.78 Å². The standard InChI is InChI=1S/C5H6N2O.C2HF3O2/c1-4(8)5-2-6-3-7-5;3-2(4,5)1(6)7/h2-3H,1H3,(H,6,7);(H,6,7). The number of nitrogens with zero attached hydrogens (tertiary/aromatic N) is 1. The van der Waals surface area contributed by atoms with Crippen LogP contribution in [-0.4, -0.2) is 33.0 Å². The van der Waals surface area contributed by atoms with Gasteiger partial charge in [-0.2, -0.15) is 13.2 Å². The number of hydrogen-bond acceptors (Lipinski definition) is 3. The number of imidazole rings is 1. The van der Waals surface area contributed by atoms with Crippen molar-refractivity contribution in [3.63, 3.8) is 0 Å². The average Bonchev–Trinajstić information content (AvgIpc) is 2.54. The van der Waals surface area contributed by atoms with E-state index in [1.807, 2.05) is 0 Å². The van der Waals surface area contributed by atoms with Gasteiger partial charge >= 0.3 is 12.1 Å². The van der Waals surface area contributed by atoms with E-state index in [2.05, 4.69) is 9.97 Å². The van der Waals surface area contributed by atoms with Crippen LogP contribution in [0.5, 0.6) is 0 Å². The number of carbonyl (C=O) groups is 2. The molecule has 0 unspecified atom stereocenters. The number of aromatic amines is 1. The smallest absolute Gasteiger partial charge is 0.475 e. The molecule has 0 atom stereocenters. The van der Waals surface area contributed by atoms with E-state index in [4.69, 9.17) is 9.90 Å². The quantitative estimate of drug-likeness (QED) is 0.703. The van der Waals surface area contributed by atoms with Gasteiger partial charge in [-0.15, -0.1) is 0 Å². The lowest BCUT2D eigenvalue weighted by atomic mass is 10.3. The SMILES string of the molecule is CC(=O)c1cnc[nH]1.O=C(O)C(F)(F)F. The van der Waals surface area contributed by atoms with E-state index in [0.717, 1.165) is 0 Å². The number of nitrogens with one attached hydrogen (secondary N) is 1. The molecule has 0 amide bonds. The molecule has 1 aromatic heterocycles. The fourth-order valence-electron chi connectivity index (χ4n) is 0.448. The second kappa shape index (κ2) is 5.13. The van der Waals surface area contributed by atoms with E-state index in [1.165, 1.54) is 19.4 Å². The number of hydrogen-bond donors (Lipinski definition) is 2. The first-order valence-electron chi connectivity index (χ1n) is 3.54. The molecule has 0 aromatic carbocycles. The van der Waals surface area contributed by atoms with Crippen LogP contribution in [0.25, 0.3) is 0 Å². The number of carboxylic acid groups (broad SMARTS) is 1. The Kier molecular flexibility index (Phi) is 4.49. The Hall–Kier alpha value is -1.86. The largest absolute Gasteiger partial charge is 0.490 e. The number of ketones is 1. The van der Waals surface area contributed by atoms with Crippen LogP contribution in [0.3, 0.4) is 0 Å². The van der Waals surface area contributed by atoms with Gasteiger partial charge in [0.25, 0.3) is 0 Å². The number of Topliss-reactive ketones (excluding diaryl/α,β-unsaturated/α-hetero) is 1. The molecule has 15 heavy (non-hydrogen) atoms. The molecule has 0 saturated carbocycles. The highest BCUT2D eigenvalue weighted by molar-refractivity contribution is 5.91. The summed E-state index contributed by atoms with van der Waals surface area (Å²) < 4.78 is 31.7. The van der Waals surface area contributed by atoms with Gasteiger partial charge in [-0.3, -0.25) is 4.79 Å². The Bertz CT molecular complexity index is 332. The minimum atomic E-state index is -5.08. The molecule has 0 spiro atoms. The lowest BCUT2D eigenvalue weighted by Crippen LogP contribution is -2.21.